The lowest BCUT2D eigenvalue weighted by Crippen LogP contribution is -2.39. The molecule has 0 spiro atoms. The van der Waals surface area contributed by atoms with Gasteiger partial charge in [-0.1, -0.05) is 30.8 Å². The number of thioether (sulfide) groups is 1. The number of ether oxygens (including phenoxy) is 2. The number of esters is 1. The van der Waals surface area contributed by atoms with Crippen LogP contribution >= 0.6 is 11.8 Å². The number of likely N-dealkylation sites (N-methyl/N-ethyl adjacent to an activating group) is 1. The van der Waals surface area contributed by atoms with Crippen molar-refractivity contribution in [2.45, 2.75) is 38.3 Å². The van der Waals surface area contributed by atoms with Gasteiger partial charge in [0.05, 0.1) is 38.0 Å². The molecule has 0 unspecified atom stereocenters. The number of carbonyl (C=O) groups excluding carboxylic acids is 2. The number of fused-ring (bicyclic) bond motifs is 1. The third-order valence-corrected chi connectivity index (χ3v) is 7.51. The van der Waals surface area contributed by atoms with Gasteiger partial charge >= 0.3 is 5.97 Å². The molecule has 1 saturated heterocycles. The highest BCUT2D eigenvalue weighted by atomic mass is 32.2. The van der Waals surface area contributed by atoms with Gasteiger partial charge in [0, 0.05) is 24.8 Å². The van der Waals surface area contributed by atoms with E-state index in [1.807, 2.05) is 46.4 Å². The van der Waals surface area contributed by atoms with Crippen LogP contribution in [0.1, 0.15) is 37.8 Å². The van der Waals surface area contributed by atoms with Crippen LogP contribution in [-0.4, -0.2) is 79.2 Å². The SMILES string of the molecule is CCC1=C(C(=O)OC)[C@@H](c2cccc(OC)c2)N2C(CC(=O)N3CC[C@@H](N(C)C)C3)=CSC2=N1. The van der Waals surface area contributed by atoms with E-state index in [4.69, 9.17) is 14.5 Å². The summed E-state index contributed by atoms with van der Waals surface area (Å²) in [5.74, 6) is 0.374. The number of allylic oxidation sites excluding steroid dienone is 1. The molecule has 1 fully saturated rings. The Morgan fingerprint density at radius 3 is 2.71 bits per heavy atom. The molecule has 1 aromatic carbocycles. The van der Waals surface area contributed by atoms with Gasteiger partial charge in [0.25, 0.3) is 0 Å². The quantitative estimate of drug-likeness (QED) is 0.549. The average molecular weight is 485 g/mol. The van der Waals surface area contributed by atoms with Crippen molar-refractivity contribution in [2.75, 3.05) is 41.4 Å². The van der Waals surface area contributed by atoms with Gasteiger partial charge in [-0.3, -0.25) is 4.79 Å². The lowest BCUT2D eigenvalue weighted by atomic mass is 9.92. The summed E-state index contributed by atoms with van der Waals surface area (Å²) in [5, 5.41) is 2.75. The van der Waals surface area contributed by atoms with Crippen LogP contribution in [0.15, 0.2) is 51.6 Å². The average Bonchev–Trinajstić information content (AvgIpc) is 3.50. The van der Waals surface area contributed by atoms with Gasteiger partial charge in [0.1, 0.15) is 5.75 Å². The molecule has 0 bridgehead atoms. The molecular weight excluding hydrogens is 452 g/mol. The van der Waals surface area contributed by atoms with Crippen molar-refractivity contribution in [3.63, 3.8) is 0 Å². The second kappa shape index (κ2) is 10.2. The number of aliphatic imine (C=N–C) groups is 1. The van der Waals surface area contributed by atoms with Crippen molar-refractivity contribution in [1.29, 1.82) is 0 Å². The summed E-state index contributed by atoms with van der Waals surface area (Å²) in [6, 6.07) is 7.60. The highest BCUT2D eigenvalue weighted by Crippen LogP contribution is 2.46. The number of hydrogen-bond donors (Lipinski definition) is 0. The van der Waals surface area contributed by atoms with Gasteiger partial charge in [-0.2, -0.15) is 0 Å². The van der Waals surface area contributed by atoms with E-state index < -0.39 is 12.0 Å². The maximum absolute atomic E-state index is 13.2. The van der Waals surface area contributed by atoms with Gasteiger partial charge in [-0.05, 0) is 50.0 Å². The summed E-state index contributed by atoms with van der Waals surface area (Å²) >= 11 is 1.49. The van der Waals surface area contributed by atoms with Gasteiger partial charge in [0.15, 0.2) is 5.17 Å². The van der Waals surface area contributed by atoms with Crippen LogP contribution in [0.4, 0.5) is 0 Å². The van der Waals surface area contributed by atoms with Crippen molar-refractivity contribution >= 4 is 28.8 Å². The first-order chi connectivity index (χ1) is 16.4. The Labute approximate surface area is 205 Å². The number of rotatable bonds is 7. The van der Waals surface area contributed by atoms with Crippen LogP contribution in [0, 0.1) is 0 Å². The monoisotopic (exact) mass is 484 g/mol. The number of hydrogen-bond acceptors (Lipinski definition) is 8. The molecule has 0 aromatic heterocycles. The zero-order chi connectivity index (χ0) is 24.4. The molecule has 34 heavy (non-hydrogen) atoms. The van der Waals surface area contributed by atoms with Crippen LogP contribution in [0.3, 0.4) is 0 Å². The second-order valence-corrected chi connectivity index (χ2v) is 9.64. The van der Waals surface area contributed by atoms with Crippen LogP contribution in [-0.2, 0) is 14.3 Å². The fraction of sp³-hybridized carbons (Fsp3) is 0.480. The molecule has 2 atom stereocenters. The first-order valence-corrected chi connectivity index (χ1v) is 12.4. The van der Waals surface area contributed by atoms with Crippen molar-refractivity contribution in [3.8, 4) is 5.75 Å². The van der Waals surface area contributed by atoms with Crippen molar-refractivity contribution < 1.29 is 19.1 Å². The van der Waals surface area contributed by atoms with E-state index in [1.165, 1.54) is 18.9 Å². The van der Waals surface area contributed by atoms with E-state index in [0.29, 0.717) is 29.5 Å². The minimum atomic E-state index is -0.452. The molecule has 3 heterocycles. The number of nitrogens with zero attached hydrogens (tertiary/aromatic N) is 4. The van der Waals surface area contributed by atoms with Crippen LogP contribution in [0.2, 0.25) is 0 Å². The Bertz CT molecular complexity index is 1060. The fourth-order valence-corrected chi connectivity index (χ4v) is 5.63. The van der Waals surface area contributed by atoms with Crippen molar-refractivity contribution in [2.24, 2.45) is 4.99 Å². The molecule has 9 heteroatoms. The van der Waals surface area contributed by atoms with E-state index >= 15 is 0 Å². The molecule has 0 N–H and O–H groups in total. The van der Waals surface area contributed by atoms with E-state index in [-0.39, 0.29) is 12.3 Å². The molecule has 8 nitrogen and oxygen atoms in total. The first-order valence-electron chi connectivity index (χ1n) is 11.5. The highest BCUT2D eigenvalue weighted by Gasteiger charge is 2.42. The number of likely N-dealkylation sites (tertiary alicyclic amines) is 1. The molecule has 0 radical (unpaired) electrons. The van der Waals surface area contributed by atoms with Gasteiger partial charge < -0.3 is 24.2 Å². The topological polar surface area (TPSA) is 74.7 Å². The fourth-order valence-electron chi connectivity index (χ4n) is 4.70. The summed E-state index contributed by atoms with van der Waals surface area (Å²) in [6.07, 6.45) is 1.82. The molecule has 4 rings (SSSR count). The Morgan fingerprint density at radius 1 is 1.26 bits per heavy atom. The van der Waals surface area contributed by atoms with E-state index in [2.05, 4.69) is 19.0 Å². The number of amidine groups is 1. The largest absolute Gasteiger partial charge is 0.497 e. The number of benzene rings is 1. The van der Waals surface area contributed by atoms with Crippen LogP contribution in [0.5, 0.6) is 5.75 Å². The molecule has 3 aliphatic rings. The highest BCUT2D eigenvalue weighted by molar-refractivity contribution is 8.16. The van der Waals surface area contributed by atoms with E-state index in [1.54, 1.807) is 7.11 Å². The molecule has 0 aliphatic carbocycles. The maximum Gasteiger partial charge on any atom is 0.338 e. The molecule has 182 valence electrons. The number of amides is 1. The predicted octanol–water partition coefficient (Wildman–Crippen LogP) is 3.39. The van der Waals surface area contributed by atoms with Crippen LogP contribution in [0.25, 0.3) is 0 Å². The Hall–Kier alpha value is -2.78. The Kier molecular flexibility index (Phi) is 7.33. The minimum Gasteiger partial charge on any atom is -0.497 e. The lowest BCUT2D eigenvalue weighted by molar-refractivity contribution is -0.136. The molecule has 3 aliphatic heterocycles. The van der Waals surface area contributed by atoms with Gasteiger partial charge in [0.2, 0.25) is 5.91 Å². The van der Waals surface area contributed by atoms with Crippen molar-refractivity contribution in [1.82, 2.24) is 14.7 Å². The summed E-state index contributed by atoms with van der Waals surface area (Å²) < 4.78 is 10.6. The van der Waals surface area contributed by atoms with E-state index in [0.717, 1.165) is 35.9 Å². The normalized spacial score (nSPS) is 22.1. The summed E-state index contributed by atoms with van der Waals surface area (Å²) in [6.45, 7) is 3.47. The Balaban J connectivity index is 1.68. The smallest absolute Gasteiger partial charge is 0.338 e. The standard InChI is InChI=1S/C25H32N4O4S/c1-6-20-22(24(31)33-5)23(16-8-7-9-19(12-16)32-4)29-18(15-34-25(29)26-20)13-21(30)28-11-10-17(14-28)27(2)3/h7-9,12,15,17,23H,6,10-11,13-14H2,1-5H3/t17-,23-/m1/s1. The zero-order valence-corrected chi connectivity index (χ0v) is 21.2. The molecule has 1 amide bonds. The summed E-state index contributed by atoms with van der Waals surface area (Å²) in [7, 11) is 7.11. The number of methoxy groups -OCH3 is 2. The molecular formula is C25H32N4O4S. The van der Waals surface area contributed by atoms with Gasteiger partial charge in [-0.25, -0.2) is 9.79 Å². The Morgan fingerprint density at radius 2 is 2.06 bits per heavy atom. The molecule has 0 saturated carbocycles. The third kappa shape index (κ3) is 4.59. The van der Waals surface area contributed by atoms with Gasteiger partial charge in [-0.15, -0.1) is 0 Å². The predicted molar refractivity (Wildman–Crippen MR) is 133 cm³/mol. The minimum absolute atomic E-state index is 0.0896. The first kappa shape index (κ1) is 24.3. The van der Waals surface area contributed by atoms with Crippen molar-refractivity contribution in [3.05, 3.63) is 52.2 Å². The zero-order valence-electron chi connectivity index (χ0n) is 20.4. The second-order valence-electron chi connectivity index (χ2n) is 8.80. The maximum atomic E-state index is 13.2. The summed E-state index contributed by atoms with van der Waals surface area (Å²) in [5.41, 5.74) is 2.92. The summed E-state index contributed by atoms with van der Waals surface area (Å²) in [4.78, 5) is 37.1. The molecule has 1 aromatic rings. The lowest BCUT2D eigenvalue weighted by Gasteiger charge is -2.37. The third-order valence-electron chi connectivity index (χ3n) is 6.62. The van der Waals surface area contributed by atoms with E-state index in [9.17, 15) is 9.59 Å². The van der Waals surface area contributed by atoms with Crippen LogP contribution < -0.4 is 4.74 Å². The number of carbonyl (C=O) groups is 2.